The minimum atomic E-state index is -0.642. The van der Waals surface area contributed by atoms with Crippen LogP contribution in [0.1, 0.15) is 110 Å². The van der Waals surface area contributed by atoms with E-state index in [0.29, 0.717) is 31.4 Å². The number of piperidine rings is 1. The Morgan fingerprint density at radius 1 is 0.943 bits per heavy atom. The number of nitrogens with two attached hydrogens (primary N) is 1. The van der Waals surface area contributed by atoms with E-state index in [0.717, 1.165) is 36.9 Å². The molecule has 4 N–H and O–H groups in total. The zero-order valence-electron chi connectivity index (χ0n) is 20.5. The van der Waals surface area contributed by atoms with Crippen LogP contribution in [0.25, 0.3) is 0 Å². The SMILES string of the molecule is NCCCCCCCCCCNC(=O)C1CCC2c3c(cccc31)C(=O)N2C1CCC(=O)NC1=O. The Morgan fingerprint density at radius 3 is 2.37 bits per heavy atom. The van der Waals surface area contributed by atoms with Crippen LogP contribution in [0.2, 0.25) is 0 Å². The Kier molecular flexibility index (Phi) is 8.55. The van der Waals surface area contributed by atoms with E-state index < -0.39 is 11.9 Å². The van der Waals surface area contributed by atoms with Crippen molar-refractivity contribution in [3.63, 3.8) is 0 Å². The van der Waals surface area contributed by atoms with Gasteiger partial charge in [0.1, 0.15) is 6.04 Å². The monoisotopic (exact) mass is 482 g/mol. The Morgan fingerprint density at radius 2 is 1.66 bits per heavy atom. The standard InChI is InChI=1S/C27H38N4O4/c28-16-7-5-3-1-2-4-6-8-17-29-25(33)19-12-13-21-24-18(19)10-9-11-20(24)27(35)31(21)22-14-15-23(32)30-26(22)34/h9-11,19,21-22H,1-8,12-17,28H2,(H,29,33)(H,30,32,34). The highest BCUT2D eigenvalue weighted by Crippen LogP contribution is 2.48. The summed E-state index contributed by atoms with van der Waals surface area (Å²) >= 11 is 0. The largest absolute Gasteiger partial charge is 0.356 e. The quantitative estimate of drug-likeness (QED) is 0.312. The Bertz CT molecular complexity index is 962. The second-order valence-corrected chi connectivity index (χ2v) is 10.0. The Hall–Kier alpha value is -2.74. The summed E-state index contributed by atoms with van der Waals surface area (Å²) in [4.78, 5) is 52.1. The van der Waals surface area contributed by atoms with Gasteiger partial charge in [0.25, 0.3) is 5.91 Å². The van der Waals surface area contributed by atoms with Crippen LogP contribution < -0.4 is 16.4 Å². The number of rotatable bonds is 12. The normalized spacial score (nSPS) is 23.3. The van der Waals surface area contributed by atoms with Crippen molar-refractivity contribution in [1.29, 1.82) is 0 Å². The summed E-state index contributed by atoms with van der Waals surface area (Å²) in [6.07, 6.45) is 11.2. The van der Waals surface area contributed by atoms with Crippen molar-refractivity contribution in [2.45, 2.75) is 95.1 Å². The number of hydrogen-bond acceptors (Lipinski definition) is 5. The highest BCUT2D eigenvalue weighted by atomic mass is 16.2. The van der Waals surface area contributed by atoms with E-state index >= 15 is 0 Å². The number of benzene rings is 1. The molecule has 3 atom stereocenters. The summed E-state index contributed by atoms with van der Waals surface area (Å²) in [5.41, 5.74) is 7.90. The van der Waals surface area contributed by atoms with E-state index in [1.165, 1.54) is 32.1 Å². The van der Waals surface area contributed by atoms with Gasteiger partial charge in [0.2, 0.25) is 17.7 Å². The second kappa shape index (κ2) is 11.8. The molecule has 1 fully saturated rings. The predicted octanol–water partition coefficient (Wildman–Crippen LogP) is 3.06. The van der Waals surface area contributed by atoms with Gasteiger partial charge in [0.15, 0.2) is 0 Å². The van der Waals surface area contributed by atoms with Gasteiger partial charge in [-0.2, -0.15) is 0 Å². The highest BCUT2D eigenvalue weighted by molar-refractivity contribution is 6.06. The summed E-state index contributed by atoms with van der Waals surface area (Å²) < 4.78 is 0. The van der Waals surface area contributed by atoms with Crippen LogP contribution in [0.5, 0.6) is 0 Å². The number of amides is 4. The zero-order valence-corrected chi connectivity index (χ0v) is 20.5. The molecular formula is C27H38N4O4. The van der Waals surface area contributed by atoms with Crippen molar-refractivity contribution in [1.82, 2.24) is 15.5 Å². The highest BCUT2D eigenvalue weighted by Gasteiger charge is 2.48. The molecule has 3 aliphatic rings. The third-order valence-electron chi connectivity index (χ3n) is 7.67. The van der Waals surface area contributed by atoms with Crippen LogP contribution in [-0.2, 0) is 14.4 Å². The molecule has 8 heteroatoms. The van der Waals surface area contributed by atoms with Crippen LogP contribution >= 0.6 is 0 Å². The van der Waals surface area contributed by atoms with E-state index in [1.807, 2.05) is 12.1 Å². The molecule has 1 aliphatic carbocycles. The molecule has 8 nitrogen and oxygen atoms in total. The van der Waals surface area contributed by atoms with Gasteiger partial charge in [-0.05, 0) is 55.8 Å². The number of nitrogens with one attached hydrogen (secondary N) is 2. The van der Waals surface area contributed by atoms with Crippen LogP contribution in [0.15, 0.2) is 18.2 Å². The van der Waals surface area contributed by atoms with Crippen LogP contribution in [-0.4, -0.2) is 47.7 Å². The molecule has 0 saturated carbocycles. The molecule has 1 aromatic carbocycles. The van der Waals surface area contributed by atoms with E-state index in [1.54, 1.807) is 11.0 Å². The number of carbonyl (C=O) groups is 4. The van der Waals surface area contributed by atoms with E-state index in [9.17, 15) is 19.2 Å². The minimum absolute atomic E-state index is 0.0190. The maximum atomic E-state index is 13.3. The molecule has 0 aromatic heterocycles. The molecule has 3 unspecified atom stereocenters. The average molecular weight is 483 g/mol. The lowest BCUT2D eigenvalue weighted by Crippen LogP contribution is -2.53. The molecule has 1 saturated heterocycles. The van der Waals surface area contributed by atoms with Crippen molar-refractivity contribution in [2.24, 2.45) is 5.73 Å². The molecular weight excluding hydrogens is 444 g/mol. The molecule has 0 bridgehead atoms. The Balaban J connectivity index is 1.31. The first kappa shape index (κ1) is 25.4. The molecule has 0 radical (unpaired) electrons. The molecule has 1 aromatic rings. The van der Waals surface area contributed by atoms with Gasteiger partial charge in [0.05, 0.1) is 12.0 Å². The topological polar surface area (TPSA) is 122 Å². The first-order chi connectivity index (χ1) is 17.0. The number of nitrogens with zero attached hydrogens (tertiary/aromatic N) is 1. The van der Waals surface area contributed by atoms with Gasteiger partial charge in [-0.1, -0.05) is 50.7 Å². The zero-order chi connectivity index (χ0) is 24.8. The van der Waals surface area contributed by atoms with Gasteiger partial charge < -0.3 is 16.0 Å². The number of carbonyl (C=O) groups excluding carboxylic acids is 4. The van der Waals surface area contributed by atoms with Crippen molar-refractivity contribution >= 4 is 23.6 Å². The lowest BCUT2D eigenvalue weighted by Gasteiger charge is -2.37. The summed E-state index contributed by atoms with van der Waals surface area (Å²) in [6, 6.07) is 4.70. The van der Waals surface area contributed by atoms with Crippen molar-refractivity contribution < 1.29 is 19.2 Å². The van der Waals surface area contributed by atoms with Gasteiger partial charge in [-0.3, -0.25) is 24.5 Å². The molecule has 4 amide bonds. The minimum Gasteiger partial charge on any atom is -0.356 e. The molecule has 2 heterocycles. The van der Waals surface area contributed by atoms with Gasteiger partial charge in [0, 0.05) is 18.5 Å². The lowest BCUT2D eigenvalue weighted by molar-refractivity contribution is -0.137. The van der Waals surface area contributed by atoms with Crippen molar-refractivity contribution in [2.75, 3.05) is 13.1 Å². The summed E-state index contributed by atoms with van der Waals surface area (Å²) in [6.45, 7) is 1.45. The third kappa shape index (κ3) is 5.58. The Labute approximate surface area is 207 Å². The smallest absolute Gasteiger partial charge is 0.255 e. The van der Waals surface area contributed by atoms with Crippen LogP contribution in [0.3, 0.4) is 0 Å². The lowest BCUT2D eigenvalue weighted by atomic mass is 9.78. The number of imide groups is 1. The predicted molar refractivity (Wildman–Crippen MR) is 132 cm³/mol. The maximum Gasteiger partial charge on any atom is 0.255 e. The molecule has 0 spiro atoms. The summed E-state index contributed by atoms with van der Waals surface area (Å²) in [5, 5.41) is 5.48. The summed E-state index contributed by atoms with van der Waals surface area (Å²) in [5.74, 6) is -1.13. The van der Waals surface area contributed by atoms with Crippen LogP contribution in [0, 0.1) is 0 Å². The average Bonchev–Trinajstić information content (AvgIpc) is 3.13. The van der Waals surface area contributed by atoms with E-state index in [-0.39, 0.29) is 36.1 Å². The van der Waals surface area contributed by atoms with Crippen molar-refractivity contribution in [3.8, 4) is 0 Å². The fourth-order valence-corrected chi connectivity index (χ4v) is 5.87. The molecule has 2 aliphatic heterocycles. The number of hydrogen-bond donors (Lipinski definition) is 3. The molecule has 4 rings (SSSR count). The van der Waals surface area contributed by atoms with Gasteiger partial charge >= 0.3 is 0 Å². The number of unbranched alkanes of at least 4 members (excludes halogenated alkanes) is 7. The van der Waals surface area contributed by atoms with Crippen LogP contribution in [0.4, 0.5) is 0 Å². The third-order valence-corrected chi connectivity index (χ3v) is 7.67. The second-order valence-electron chi connectivity index (χ2n) is 10.0. The van der Waals surface area contributed by atoms with Gasteiger partial charge in [-0.25, -0.2) is 0 Å². The maximum absolute atomic E-state index is 13.3. The fourth-order valence-electron chi connectivity index (χ4n) is 5.87. The van der Waals surface area contributed by atoms with E-state index in [4.69, 9.17) is 5.73 Å². The first-order valence-electron chi connectivity index (χ1n) is 13.3. The molecule has 190 valence electrons. The van der Waals surface area contributed by atoms with Crippen molar-refractivity contribution in [3.05, 3.63) is 34.9 Å². The fraction of sp³-hybridized carbons (Fsp3) is 0.630. The van der Waals surface area contributed by atoms with E-state index in [2.05, 4.69) is 10.6 Å². The van der Waals surface area contributed by atoms with Gasteiger partial charge in [-0.15, -0.1) is 0 Å². The first-order valence-corrected chi connectivity index (χ1v) is 13.3. The molecule has 35 heavy (non-hydrogen) atoms. The summed E-state index contributed by atoms with van der Waals surface area (Å²) in [7, 11) is 0.